The van der Waals surface area contributed by atoms with Crippen molar-refractivity contribution in [1.29, 1.82) is 0 Å². The maximum atomic E-state index is 13.7. The van der Waals surface area contributed by atoms with Crippen LogP contribution in [0.2, 0.25) is 5.02 Å². The van der Waals surface area contributed by atoms with Crippen LogP contribution in [-0.4, -0.2) is 11.7 Å². The number of carbonyl (C=O) groups excluding carboxylic acids is 1. The second-order valence-corrected chi connectivity index (χ2v) is 7.86. The number of nitrogens with zero attached hydrogens (tertiary/aromatic N) is 1. The lowest BCUT2D eigenvalue weighted by molar-refractivity contribution is -0.115. The lowest BCUT2D eigenvalue weighted by Crippen LogP contribution is -2.27. The van der Waals surface area contributed by atoms with Crippen molar-refractivity contribution in [3.63, 3.8) is 0 Å². The summed E-state index contributed by atoms with van der Waals surface area (Å²) in [4.78, 5) is 14.2. The Hall–Kier alpha value is -2.50. The van der Waals surface area contributed by atoms with Crippen LogP contribution < -0.4 is 9.64 Å². The van der Waals surface area contributed by atoms with Crippen LogP contribution >= 0.6 is 23.4 Å². The van der Waals surface area contributed by atoms with Crippen molar-refractivity contribution in [3.8, 4) is 5.75 Å². The van der Waals surface area contributed by atoms with Gasteiger partial charge in [0.25, 0.3) is 0 Å². The Morgan fingerprint density at radius 2 is 1.75 bits per heavy atom. The van der Waals surface area contributed by atoms with E-state index in [0.29, 0.717) is 22.1 Å². The van der Waals surface area contributed by atoms with Crippen LogP contribution in [0.25, 0.3) is 0 Å². The zero-order valence-corrected chi connectivity index (χ0v) is 16.4. The summed E-state index contributed by atoms with van der Waals surface area (Å²) in [5, 5.41) is 0.533. The topological polar surface area (TPSA) is 29.5 Å². The van der Waals surface area contributed by atoms with Gasteiger partial charge < -0.3 is 4.74 Å². The molecule has 1 aliphatic rings. The largest absolute Gasteiger partial charge is 0.489 e. The van der Waals surface area contributed by atoms with E-state index in [0.717, 1.165) is 11.3 Å². The molecule has 1 atom stereocenters. The number of thioether (sulfide) groups is 1. The highest BCUT2D eigenvalue weighted by Gasteiger charge is 2.33. The highest BCUT2D eigenvalue weighted by Crippen LogP contribution is 2.42. The van der Waals surface area contributed by atoms with E-state index in [1.807, 2.05) is 36.4 Å². The molecule has 3 nitrogen and oxygen atoms in total. The van der Waals surface area contributed by atoms with Crippen molar-refractivity contribution in [2.24, 2.45) is 0 Å². The number of amides is 1. The average molecular weight is 414 g/mol. The molecule has 0 spiro atoms. The molecule has 0 bridgehead atoms. The summed E-state index contributed by atoms with van der Waals surface area (Å²) in [6.07, 6.45) is 0. The summed E-state index contributed by atoms with van der Waals surface area (Å²) in [5.74, 6) is 0.869. The maximum absolute atomic E-state index is 13.7. The van der Waals surface area contributed by atoms with E-state index < -0.39 is 0 Å². The predicted molar refractivity (Wildman–Crippen MR) is 111 cm³/mol. The Morgan fingerprint density at radius 1 is 1.04 bits per heavy atom. The Kier molecular flexibility index (Phi) is 5.55. The number of halogens is 2. The minimum absolute atomic E-state index is 0.0669. The first-order valence-corrected chi connectivity index (χ1v) is 10.2. The smallest absolute Gasteiger partial charge is 0.238 e. The fourth-order valence-corrected chi connectivity index (χ4v) is 4.36. The zero-order valence-electron chi connectivity index (χ0n) is 14.8. The molecular formula is C22H17ClFNO2S. The third kappa shape index (κ3) is 4.01. The first-order chi connectivity index (χ1) is 13.6. The standard InChI is InChI=1S/C22H17ClFNO2S/c23-17-7-9-18(10-8-17)25-21(26)14-28-22(25)15-5-11-19(12-6-15)27-13-16-3-1-2-4-20(16)24/h1-12,22H,13-14H2/t22-/m1/s1. The van der Waals surface area contributed by atoms with Crippen molar-refractivity contribution >= 4 is 35.0 Å². The maximum Gasteiger partial charge on any atom is 0.238 e. The van der Waals surface area contributed by atoms with Gasteiger partial charge in [-0.25, -0.2) is 4.39 Å². The molecular weight excluding hydrogens is 397 g/mol. The normalized spacial score (nSPS) is 16.4. The van der Waals surface area contributed by atoms with Crippen LogP contribution in [0.4, 0.5) is 10.1 Å². The van der Waals surface area contributed by atoms with Crippen molar-refractivity contribution in [1.82, 2.24) is 0 Å². The van der Waals surface area contributed by atoms with Crippen LogP contribution in [0, 0.1) is 5.82 Å². The molecule has 3 aromatic rings. The first-order valence-electron chi connectivity index (χ1n) is 8.77. The number of carbonyl (C=O) groups is 1. The van der Waals surface area contributed by atoms with Gasteiger partial charge in [-0.3, -0.25) is 9.69 Å². The summed E-state index contributed by atoms with van der Waals surface area (Å²) in [7, 11) is 0. The SMILES string of the molecule is O=C1CS[C@H](c2ccc(OCc3ccccc3F)cc2)N1c1ccc(Cl)cc1. The molecule has 0 N–H and O–H groups in total. The summed E-state index contributed by atoms with van der Waals surface area (Å²) in [5.41, 5.74) is 2.34. The second kappa shape index (κ2) is 8.25. The molecule has 1 fully saturated rings. The molecule has 1 saturated heterocycles. The van der Waals surface area contributed by atoms with E-state index in [4.69, 9.17) is 16.3 Å². The van der Waals surface area contributed by atoms with Crippen molar-refractivity contribution in [2.45, 2.75) is 12.0 Å². The number of anilines is 1. The molecule has 6 heteroatoms. The number of hydrogen-bond acceptors (Lipinski definition) is 3. The Balaban J connectivity index is 1.49. The summed E-state index contributed by atoms with van der Waals surface area (Å²) in [6.45, 7) is 0.166. The van der Waals surface area contributed by atoms with Gasteiger partial charge in [0.05, 0.1) is 5.75 Å². The monoisotopic (exact) mass is 413 g/mol. The van der Waals surface area contributed by atoms with Crippen molar-refractivity contribution in [2.75, 3.05) is 10.7 Å². The van der Waals surface area contributed by atoms with Gasteiger partial charge in [0.1, 0.15) is 23.5 Å². The van der Waals surface area contributed by atoms with Gasteiger partial charge >= 0.3 is 0 Å². The van der Waals surface area contributed by atoms with Crippen LogP contribution in [0.5, 0.6) is 5.75 Å². The zero-order chi connectivity index (χ0) is 19.5. The van der Waals surface area contributed by atoms with E-state index in [9.17, 15) is 9.18 Å². The molecule has 0 unspecified atom stereocenters. The van der Waals surface area contributed by atoms with E-state index >= 15 is 0 Å². The second-order valence-electron chi connectivity index (χ2n) is 6.35. The van der Waals surface area contributed by atoms with Gasteiger partial charge in [-0.2, -0.15) is 0 Å². The predicted octanol–water partition coefficient (Wildman–Crippen LogP) is 5.84. The molecule has 3 aromatic carbocycles. The third-order valence-corrected chi connectivity index (χ3v) is 5.95. The molecule has 1 aliphatic heterocycles. The van der Waals surface area contributed by atoms with Gasteiger partial charge in [0.15, 0.2) is 0 Å². The lowest BCUT2D eigenvalue weighted by Gasteiger charge is -2.24. The van der Waals surface area contributed by atoms with Crippen LogP contribution in [0.3, 0.4) is 0 Å². The van der Waals surface area contributed by atoms with Gasteiger partial charge in [-0.05, 0) is 48.0 Å². The molecule has 0 aromatic heterocycles. The third-order valence-electron chi connectivity index (χ3n) is 4.49. The van der Waals surface area contributed by atoms with Gasteiger partial charge in [-0.1, -0.05) is 41.9 Å². The Labute approximate surface area is 172 Å². The lowest BCUT2D eigenvalue weighted by atomic mass is 10.1. The van der Waals surface area contributed by atoms with E-state index in [1.165, 1.54) is 6.07 Å². The van der Waals surface area contributed by atoms with E-state index in [1.54, 1.807) is 47.0 Å². The number of hydrogen-bond donors (Lipinski definition) is 0. The molecule has 0 aliphatic carbocycles. The minimum Gasteiger partial charge on any atom is -0.489 e. The minimum atomic E-state index is -0.279. The van der Waals surface area contributed by atoms with Crippen LogP contribution in [0.15, 0.2) is 72.8 Å². The van der Waals surface area contributed by atoms with Crippen LogP contribution in [0.1, 0.15) is 16.5 Å². The molecule has 1 heterocycles. The molecule has 28 heavy (non-hydrogen) atoms. The average Bonchev–Trinajstić information content (AvgIpc) is 3.10. The molecule has 4 rings (SSSR count). The van der Waals surface area contributed by atoms with E-state index in [2.05, 4.69) is 0 Å². The van der Waals surface area contributed by atoms with E-state index in [-0.39, 0.29) is 23.7 Å². The quantitative estimate of drug-likeness (QED) is 0.526. The molecule has 1 amide bonds. The Morgan fingerprint density at radius 3 is 2.46 bits per heavy atom. The number of benzene rings is 3. The molecule has 142 valence electrons. The highest BCUT2D eigenvalue weighted by molar-refractivity contribution is 8.00. The van der Waals surface area contributed by atoms with Gasteiger partial charge in [0, 0.05) is 16.3 Å². The van der Waals surface area contributed by atoms with Gasteiger partial charge in [-0.15, -0.1) is 11.8 Å². The molecule has 0 radical (unpaired) electrons. The van der Waals surface area contributed by atoms with Gasteiger partial charge in [0.2, 0.25) is 5.91 Å². The molecule has 0 saturated carbocycles. The fourth-order valence-electron chi connectivity index (χ4n) is 3.06. The summed E-state index contributed by atoms with van der Waals surface area (Å²) < 4.78 is 19.4. The number of ether oxygens (including phenoxy) is 1. The Bertz CT molecular complexity index is 979. The van der Waals surface area contributed by atoms with Crippen molar-refractivity contribution in [3.05, 3.63) is 94.8 Å². The number of rotatable bonds is 5. The summed E-state index contributed by atoms with van der Waals surface area (Å²) in [6, 6.07) is 21.4. The summed E-state index contributed by atoms with van der Waals surface area (Å²) >= 11 is 7.54. The first kappa shape index (κ1) is 18.8. The fraction of sp³-hybridized carbons (Fsp3) is 0.136. The highest BCUT2D eigenvalue weighted by atomic mass is 35.5. The van der Waals surface area contributed by atoms with Crippen LogP contribution in [-0.2, 0) is 11.4 Å². The van der Waals surface area contributed by atoms with Crippen molar-refractivity contribution < 1.29 is 13.9 Å².